The van der Waals surface area contributed by atoms with E-state index in [2.05, 4.69) is 35.9 Å². The number of ketones is 1. The van der Waals surface area contributed by atoms with Crippen molar-refractivity contribution in [1.82, 2.24) is 4.90 Å². The molecular formula is C15H22N2O. The summed E-state index contributed by atoms with van der Waals surface area (Å²) in [5, 5.41) is 0. The van der Waals surface area contributed by atoms with Gasteiger partial charge < -0.3 is 9.80 Å². The Balaban J connectivity index is 2.16. The molecule has 0 saturated carbocycles. The van der Waals surface area contributed by atoms with Crippen molar-refractivity contribution in [2.45, 2.75) is 26.3 Å². The van der Waals surface area contributed by atoms with Crippen molar-refractivity contribution in [1.29, 1.82) is 0 Å². The number of Topliss-reactive ketones (excluding diaryl/α,β-unsaturated/α-hetero) is 1. The van der Waals surface area contributed by atoms with Gasteiger partial charge in [-0.05, 0) is 58.1 Å². The summed E-state index contributed by atoms with van der Waals surface area (Å²) < 4.78 is 0. The summed E-state index contributed by atoms with van der Waals surface area (Å²) in [7, 11) is 2.18. The monoisotopic (exact) mass is 246 g/mol. The standard InChI is InChI=1S/C15H22N2O/c1-12-11-16(3)9-4-10-17(12)15-7-5-14(6-8-15)13(2)18/h5-8,12H,4,9-11H2,1-3H3. The lowest BCUT2D eigenvalue weighted by atomic mass is 10.1. The van der Waals surface area contributed by atoms with Gasteiger partial charge in [-0.2, -0.15) is 0 Å². The lowest BCUT2D eigenvalue weighted by molar-refractivity contribution is 0.101. The maximum Gasteiger partial charge on any atom is 0.159 e. The molecule has 2 rings (SSSR count). The average molecular weight is 246 g/mol. The van der Waals surface area contributed by atoms with Gasteiger partial charge in [0.15, 0.2) is 5.78 Å². The average Bonchev–Trinajstić information content (AvgIpc) is 2.50. The van der Waals surface area contributed by atoms with Crippen LogP contribution in [0.4, 0.5) is 5.69 Å². The molecule has 0 amide bonds. The summed E-state index contributed by atoms with van der Waals surface area (Å²) in [4.78, 5) is 16.1. The minimum absolute atomic E-state index is 0.130. The van der Waals surface area contributed by atoms with E-state index in [1.54, 1.807) is 6.92 Å². The predicted molar refractivity (Wildman–Crippen MR) is 75.4 cm³/mol. The molecule has 1 aliphatic rings. The number of nitrogens with zero attached hydrogens (tertiary/aromatic N) is 2. The molecule has 0 N–H and O–H groups in total. The van der Waals surface area contributed by atoms with Gasteiger partial charge in [-0.1, -0.05) is 0 Å². The fourth-order valence-corrected chi connectivity index (χ4v) is 2.64. The van der Waals surface area contributed by atoms with E-state index in [0.717, 1.165) is 25.2 Å². The van der Waals surface area contributed by atoms with Crippen LogP contribution in [0.1, 0.15) is 30.6 Å². The van der Waals surface area contributed by atoms with E-state index in [0.29, 0.717) is 6.04 Å². The summed E-state index contributed by atoms with van der Waals surface area (Å²) in [6, 6.07) is 8.51. The molecule has 0 radical (unpaired) electrons. The number of carbonyl (C=O) groups excluding carboxylic acids is 1. The van der Waals surface area contributed by atoms with Gasteiger partial charge >= 0.3 is 0 Å². The molecule has 0 bridgehead atoms. The van der Waals surface area contributed by atoms with E-state index in [1.165, 1.54) is 12.1 Å². The zero-order valence-electron chi connectivity index (χ0n) is 11.5. The van der Waals surface area contributed by atoms with Gasteiger partial charge in [-0.15, -0.1) is 0 Å². The quantitative estimate of drug-likeness (QED) is 0.749. The van der Waals surface area contributed by atoms with Gasteiger partial charge in [0.05, 0.1) is 0 Å². The van der Waals surface area contributed by atoms with Crippen LogP contribution >= 0.6 is 0 Å². The Kier molecular flexibility index (Phi) is 4.02. The highest BCUT2D eigenvalue weighted by Gasteiger charge is 2.19. The van der Waals surface area contributed by atoms with Crippen LogP contribution in [0.2, 0.25) is 0 Å². The van der Waals surface area contributed by atoms with Crippen molar-refractivity contribution in [2.75, 3.05) is 31.6 Å². The van der Waals surface area contributed by atoms with Crippen molar-refractivity contribution in [2.24, 2.45) is 0 Å². The van der Waals surface area contributed by atoms with E-state index in [4.69, 9.17) is 0 Å². The van der Waals surface area contributed by atoms with E-state index in [9.17, 15) is 4.79 Å². The van der Waals surface area contributed by atoms with Gasteiger partial charge in [-0.3, -0.25) is 4.79 Å². The zero-order valence-corrected chi connectivity index (χ0v) is 11.5. The minimum Gasteiger partial charge on any atom is -0.367 e. The SMILES string of the molecule is CC(=O)c1ccc(N2CCCN(C)CC2C)cc1. The van der Waals surface area contributed by atoms with Crippen LogP contribution in [0.15, 0.2) is 24.3 Å². The lowest BCUT2D eigenvalue weighted by Crippen LogP contribution is -2.37. The molecular weight excluding hydrogens is 224 g/mol. The van der Waals surface area contributed by atoms with E-state index in [-0.39, 0.29) is 5.78 Å². The lowest BCUT2D eigenvalue weighted by Gasteiger charge is -2.30. The molecule has 1 aromatic carbocycles. The van der Waals surface area contributed by atoms with Crippen LogP contribution in [-0.4, -0.2) is 43.4 Å². The number of benzene rings is 1. The smallest absolute Gasteiger partial charge is 0.159 e. The Labute approximate surface area is 109 Å². The Hall–Kier alpha value is -1.35. The number of carbonyl (C=O) groups is 1. The molecule has 0 aliphatic carbocycles. The molecule has 1 aliphatic heterocycles. The predicted octanol–water partition coefficient (Wildman–Crippen LogP) is 2.42. The van der Waals surface area contributed by atoms with Gasteiger partial charge in [0.2, 0.25) is 0 Å². The zero-order chi connectivity index (χ0) is 13.1. The molecule has 1 aromatic rings. The van der Waals surface area contributed by atoms with Crippen LogP contribution in [-0.2, 0) is 0 Å². The fourth-order valence-electron chi connectivity index (χ4n) is 2.64. The summed E-state index contributed by atoms with van der Waals surface area (Å²) in [5.74, 6) is 0.130. The number of rotatable bonds is 2. The van der Waals surface area contributed by atoms with Crippen molar-refractivity contribution < 1.29 is 4.79 Å². The topological polar surface area (TPSA) is 23.6 Å². The first-order valence-corrected chi connectivity index (χ1v) is 6.64. The molecule has 98 valence electrons. The highest BCUT2D eigenvalue weighted by Crippen LogP contribution is 2.20. The Bertz CT molecular complexity index is 413. The van der Waals surface area contributed by atoms with E-state index in [1.807, 2.05) is 12.1 Å². The largest absolute Gasteiger partial charge is 0.367 e. The van der Waals surface area contributed by atoms with E-state index < -0.39 is 0 Å². The molecule has 3 nitrogen and oxygen atoms in total. The molecule has 18 heavy (non-hydrogen) atoms. The Morgan fingerprint density at radius 2 is 1.89 bits per heavy atom. The van der Waals surface area contributed by atoms with Crippen LogP contribution in [0.3, 0.4) is 0 Å². The number of hydrogen-bond acceptors (Lipinski definition) is 3. The first kappa shape index (κ1) is 13.1. The molecule has 1 saturated heterocycles. The molecule has 3 heteroatoms. The number of anilines is 1. The third-order valence-corrected chi connectivity index (χ3v) is 3.65. The third-order valence-electron chi connectivity index (χ3n) is 3.65. The van der Waals surface area contributed by atoms with Crippen LogP contribution in [0.5, 0.6) is 0 Å². The van der Waals surface area contributed by atoms with Gasteiger partial charge in [0.1, 0.15) is 0 Å². The second-order valence-corrected chi connectivity index (χ2v) is 5.26. The van der Waals surface area contributed by atoms with Gasteiger partial charge in [0.25, 0.3) is 0 Å². The second-order valence-electron chi connectivity index (χ2n) is 5.26. The molecule has 0 aromatic heterocycles. The van der Waals surface area contributed by atoms with Crippen molar-refractivity contribution >= 4 is 11.5 Å². The normalized spacial score (nSPS) is 21.7. The molecule has 1 unspecified atom stereocenters. The molecule has 0 spiro atoms. The summed E-state index contributed by atoms with van der Waals surface area (Å²) in [6.45, 7) is 7.21. The highest BCUT2D eigenvalue weighted by molar-refractivity contribution is 5.94. The summed E-state index contributed by atoms with van der Waals surface area (Å²) in [5.41, 5.74) is 2.01. The fraction of sp³-hybridized carbons (Fsp3) is 0.533. The molecule has 1 atom stereocenters. The highest BCUT2D eigenvalue weighted by atomic mass is 16.1. The van der Waals surface area contributed by atoms with E-state index >= 15 is 0 Å². The van der Waals surface area contributed by atoms with Crippen molar-refractivity contribution in [3.05, 3.63) is 29.8 Å². The maximum atomic E-state index is 11.3. The first-order valence-electron chi connectivity index (χ1n) is 6.64. The van der Waals surface area contributed by atoms with Crippen molar-refractivity contribution in [3.8, 4) is 0 Å². The van der Waals surface area contributed by atoms with Crippen LogP contribution < -0.4 is 4.90 Å². The second kappa shape index (κ2) is 5.53. The molecule has 1 heterocycles. The summed E-state index contributed by atoms with van der Waals surface area (Å²) >= 11 is 0. The summed E-state index contributed by atoms with van der Waals surface area (Å²) in [6.07, 6.45) is 1.19. The van der Waals surface area contributed by atoms with Gasteiger partial charge in [0, 0.05) is 30.4 Å². The minimum atomic E-state index is 0.130. The Morgan fingerprint density at radius 1 is 1.22 bits per heavy atom. The Morgan fingerprint density at radius 3 is 2.50 bits per heavy atom. The number of likely N-dealkylation sites (N-methyl/N-ethyl adjacent to an activating group) is 1. The van der Waals surface area contributed by atoms with Crippen LogP contribution in [0.25, 0.3) is 0 Å². The first-order chi connectivity index (χ1) is 8.58. The third kappa shape index (κ3) is 2.91. The van der Waals surface area contributed by atoms with Crippen molar-refractivity contribution in [3.63, 3.8) is 0 Å². The maximum absolute atomic E-state index is 11.3. The number of hydrogen-bond donors (Lipinski definition) is 0. The van der Waals surface area contributed by atoms with Crippen LogP contribution in [0, 0.1) is 0 Å². The van der Waals surface area contributed by atoms with Gasteiger partial charge in [-0.25, -0.2) is 0 Å². The molecule has 1 fully saturated rings.